The average molecular weight is 325 g/mol. The highest BCUT2D eigenvalue weighted by Crippen LogP contribution is 2.49. The molecule has 0 atom stereocenters. The first kappa shape index (κ1) is 16.7. The molecule has 2 aromatic rings. The first-order valence-electron chi connectivity index (χ1n) is 7.23. The van der Waals surface area contributed by atoms with Gasteiger partial charge in [0.25, 0.3) is 0 Å². The Balaban J connectivity index is 2.49. The highest BCUT2D eigenvalue weighted by atomic mass is 31.2. The van der Waals surface area contributed by atoms with Crippen LogP contribution in [-0.2, 0) is 13.6 Å². The van der Waals surface area contributed by atoms with Crippen LogP contribution >= 0.6 is 7.60 Å². The van der Waals surface area contributed by atoms with E-state index >= 15 is 0 Å². The number of benzene rings is 1. The van der Waals surface area contributed by atoms with Gasteiger partial charge in [-0.3, -0.25) is 4.57 Å². The summed E-state index contributed by atoms with van der Waals surface area (Å²) < 4.78 is 34.6. The maximum absolute atomic E-state index is 12.9. The van der Waals surface area contributed by atoms with Gasteiger partial charge in [0, 0.05) is 5.56 Å². The normalized spacial score (nSPS) is 11.6. The molecule has 0 radical (unpaired) electrons. The van der Waals surface area contributed by atoms with Crippen molar-refractivity contribution in [3.8, 4) is 17.4 Å². The van der Waals surface area contributed by atoms with E-state index in [9.17, 15) is 4.57 Å². The highest BCUT2D eigenvalue weighted by molar-refractivity contribution is 7.62. The molecule has 0 bridgehead atoms. The van der Waals surface area contributed by atoms with E-state index in [1.54, 1.807) is 20.8 Å². The van der Waals surface area contributed by atoms with Gasteiger partial charge in [-0.2, -0.15) is 4.98 Å². The molecule has 0 aliphatic carbocycles. The van der Waals surface area contributed by atoms with Crippen molar-refractivity contribution in [1.82, 2.24) is 4.98 Å². The molecule has 0 aliphatic rings. The van der Waals surface area contributed by atoms with Crippen LogP contribution in [-0.4, -0.2) is 24.8 Å². The van der Waals surface area contributed by atoms with Crippen LogP contribution in [0.3, 0.4) is 0 Å². The van der Waals surface area contributed by atoms with Gasteiger partial charge in [0.1, 0.15) is 0 Å². The van der Waals surface area contributed by atoms with Gasteiger partial charge in [0.05, 0.1) is 19.8 Å². The standard InChI is InChI=1S/C15H20NO5P/c1-4-18-15-14(22(17,19-5-2)20-6-3)16-13(21-15)12-10-8-7-9-11-12/h7-11H,4-6H2,1-3H3. The third-order valence-corrected chi connectivity index (χ3v) is 4.73. The van der Waals surface area contributed by atoms with E-state index < -0.39 is 7.60 Å². The second-order valence-electron chi connectivity index (χ2n) is 4.26. The van der Waals surface area contributed by atoms with Crippen molar-refractivity contribution < 1.29 is 22.8 Å². The Labute approximate surface area is 129 Å². The van der Waals surface area contributed by atoms with E-state index in [1.165, 1.54) is 0 Å². The van der Waals surface area contributed by atoms with Gasteiger partial charge in [-0.05, 0) is 32.9 Å². The number of rotatable bonds is 8. The predicted octanol–water partition coefficient (Wildman–Crippen LogP) is 3.63. The molecule has 0 saturated carbocycles. The Kier molecular flexibility index (Phi) is 5.77. The first-order chi connectivity index (χ1) is 10.6. The van der Waals surface area contributed by atoms with Crippen molar-refractivity contribution >= 4 is 13.0 Å². The van der Waals surface area contributed by atoms with Crippen molar-refractivity contribution in [3.05, 3.63) is 30.3 Å². The lowest BCUT2D eigenvalue weighted by atomic mass is 10.2. The molecular formula is C15H20NO5P. The van der Waals surface area contributed by atoms with Crippen molar-refractivity contribution in [2.75, 3.05) is 19.8 Å². The molecule has 0 N–H and O–H groups in total. The van der Waals surface area contributed by atoms with E-state index in [2.05, 4.69) is 4.98 Å². The van der Waals surface area contributed by atoms with Crippen LogP contribution < -0.4 is 10.2 Å². The van der Waals surface area contributed by atoms with Gasteiger partial charge in [-0.25, -0.2) is 0 Å². The highest BCUT2D eigenvalue weighted by Gasteiger charge is 2.36. The van der Waals surface area contributed by atoms with Crippen LogP contribution in [0.25, 0.3) is 11.5 Å². The molecular weight excluding hydrogens is 305 g/mol. The minimum Gasteiger partial charge on any atom is -0.464 e. The molecule has 1 aromatic carbocycles. The Bertz CT molecular complexity index is 631. The Morgan fingerprint density at radius 3 is 2.23 bits per heavy atom. The van der Waals surface area contributed by atoms with Crippen LogP contribution in [0.1, 0.15) is 20.8 Å². The lowest BCUT2D eigenvalue weighted by molar-refractivity contribution is 0.225. The average Bonchev–Trinajstić information content (AvgIpc) is 2.94. The Morgan fingerprint density at radius 1 is 1.05 bits per heavy atom. The summed E-state index contributed by atoms with van der Waals surface area (Å²) in [6, 6.07) is 9.31. The zero-order valence-electron chi connectivity index (χ0n) is 12.9. The summed E-state index contributed by atoms with van der Waals surface area (Å²) in [6.07, 6.45) is 0. The monoisotopic (exact) mass is 325 g/mol. The van der Waals surface area contributed by atoms with Gasteiger partial charge < -0.3 is 18.2 Å². The lowest BCUT2D eigenvalue weighted by Crippen LogP contribution is -2.14. The van der Waals surface area contributed by atoms with Crippen LogP contribution in [0, 0.1) is 0 Å². The van der Waals surface area contributed by atoms with Gasteiger partial charge in [-0.1, -0.05) is 18.2 Å². The van der Waals surface area contributed by atoms with Crippen LogP contribution in [0.5, 0.6) is 5.95 Å². The molecule has 0 fully saturated rings. The van der Waals surface area contributed by atoms with Crippen LogP contribution in [0.2, 0.25) is 0 Å². The topological polar surface area (TPSA) is 70.8 Å². The van der Waals surface area contributed by atoms with Crippen molar-refractivity contribution in [3.63, 3.8) is 0 Å². The van der Waals surface area contributed by atoms with Crippen LogP contribution in [0.15, 0.2) is 34.7 Å². The van der Waals surface area contributed by atoms with Gasteiger partial charge in [-0.15, -0.1) is 0 Å². The summed E-state index contributed by atoms with van der Waals surface area (Å²) in [6.45, 7) is 6.11. The second kappa shape index (κ2) is 7.58. The molecule has 2 rings (SSSR count). The summed E-state index contributed by atoms with van der Waals surface area (Å²) >= 11 is 0. The maximum atomic E-state index is 12.9. The minimum atomic E-state index is -3.57. The van der Waals surface area contributed by atoms with Gasteiger partial charge >= 0.3 is 13.5 Å². The number of hydrogen-bond donors (Lipinski definition) is 0. The predicted molar refractivity (Wildman–Crippen MR) is 83.6 cm³/mol. The largest absolute Gasteiger partial charge is 0.464 e. The number of aromatic nitrogens is 1. The number of hydrogen-bond acceptors (Lipinski definition) is 6. The number of oxazole rings is 1. The maximum Gasteiger partial charge on any atom is 0.387 e. The van der Waals surface area contributed by atoms with Crippen molar-refractivity contribution in [2.45, 2.75) is 20.8 Å². The zero-order chi connectivity index (χ0) is 16.0. The molecule has 0 spiro atoms. The lowest BCUT2D eigenvalue weighted by Gasteiger charge is -2.14. The molecule has 0 amide bonds. The molecule has 0 unspecified atom stereocenters. The zero-order valence-corrected chi connectivity index (χ0v) is 13.8. The van der Waals surface area contributed by atoms with Gasteiger partial charge in [0.15, 0.2) is 0 Å². The van der Waals surface area contributed by atoms with E-state index in [0.29, 0.717) is 12.5 Å². The molecule has 7 heteroatoms. The summed E-state index contributed by atoms with van der Waals surface area (Å²) in [4.78, 5) is 4.30. The van der Waals surface area contributed by atoms with Crippen molar-refractivity contribution in [2.24, 2.45) is 0 Å². The molecule has 22 heavy (non-hydrogen) atoms. The molecule has 1 aromatic heterocycles. The smallest absolute Gasteiger partial charge is 0.387 e. The SMILES string of the molecule is CCOc1oc(-c2ccccc2)nc1P(=O)(OCC)OCC. The molecule has 1 heterocycles. The summed E-state index contributed by atoms with van der Waals surface area (Å²) in [7, 11) is -3.57. The molecule has 0 saturated heterocycles. The van der Waals surface area contributed by atoms with Crippen LogP contribution in [0.4, 0.5) is 0 Å². The van der Waals surface area contributed by atoms with E-state index in [4.69, 9.17) is 18.2 Å². The van der Waals surface area contributed by atoms with E-state index in [0.717, 1.165) is 5.56 Å². The van der Waals surface area contributed by atoms with E-state index in [-0.39, 0.29) is 24.6 Å². The van der Waals surface area contributed by atoms with Gasteiger partial charge in [0.2, 0.25) is 11.3 Å². The Hall–Kier alpha value is -1.62. The number of ether oxygens (including phenoxy) is 1. The summed E-state index contributed by atoms with van der Waals surface area (Å²) in [5.74, 6) is 0.394. The fourth-order valence-electron chi connectivity index (χ4n) is 1.90. The molecule has 0 aliphatic heterocycles. The quantitative estimate of drug-likeness (QED) is 0.690. The summed E-state index contributed by atoms with van der Waals surface area (Å²) in [5.41, 5.74) is 0.839. The first-order valence-corrected chi connectivity index (χ1v) is 8.77. The van der Waals surface area contributed by atoms with Crippen molar-refractivity contribution in [1.29, 1.82) is 0 Å². The molecule has 6 nitrogen and oxygen atoms in total. The second-order valence-corrected chi connectivity index (χ2v) is 6.20. The third-order valence-electron chi connectivity index (χ3n) is 2.73. The fourth-order valence-corrected chi connectivity index (χ4v) is 3.45. The molecule has 120 valence electrons. The third kappa shape index (κ3) is 3.58. The minimum absolute atomic E-state index is 0.0755. The Morgan fingerprint density at radius 2 is 1.68 bits per heavy atom. The van der Waals surface area contributed by atoms with E-state index in [1.807, 2.05) is 30.3 Å². The summed E-state index contributed by atoms with van der Waals surface area (Å²) in [5, 5.41) is 0. The fraction of sp³-hybridized carbons (Fsp3) is 0.400. The number of nitrogens with zero attached hydrogens (tertiary/aromatic N) is 1.